The quantitative estimate of drug-likeness (QED) is 0.450. The van der Waals surface area contributed by atoms with E-state index in [9.17, 15) is 14.4 Å². The maximum Gasteiger partial charge on any atom is 0.338 e. The van der Waals surface area contributed by atoms with Gasteiger partial charge in [0, 0.05) is 11.8 Å². The fraction of sp³-hybridized carbons (Fsp3) is 0.308. The summed E-state index contributed by atoms with van der Waals surface area (Å²) in [4.78, 5) is 36.2. The van der Waals surface area contributed by atoms with Crippen LogP contribution in [0.4, 0.5) is 5.69 Å². The van der Waals surface area contributed by atoms with E-state index in [0.717, 1.165) is 4.42 Å². The second-order valence-electron chi connectivity index (χ2n) is 4.73. The van der Waals surface area contributed by atoms with Gasteiger partial charge in [0.2, 0.25) is 0 Å². The average Bonchev–Trinajstić information content (AvgIpc) is 2.41. The molecule has 100 valence electrons. The monoisotopic (exact) mass is 281 g/mol. The van der Waals surface area contributed by atoms with Gasteiger partial charge in [-0.15, -0.1) is 0 Å². The first-order chi connectivity index (χ1) is 8.82. The number of nitrogens with zero attached hydrogens (tertiary/aromatic N) is 1. The standard InChI is InChI=1S/C13H12ClNO4/c1-13(2)10(16)9-7(11(17)19-3)5-4-6-8(9)15(14)12(13)18/h4-6H,1-3H3. The second kappa shape index (κ2) is 4.35. The Morgan fingerprint density at radius 1 is 1.32 bits per heavy atom. The molecule has 6 heteroatoms. The van der Waals surface area contributed by atoms with E-state index in [2.05, 4.69) is 4.74 Å². The summed E-state index contributed by atoms with van der Waals surface area (Å²) in [5.74, 6) is -1.60. The first-order valence-electron chi connectivity index (χ1n) is 5.59. The largest absolute Gasteiger partial charge is 0.465 e. The van der Waals surface area contributed by atoms with Crippen molar-refractivity contribution in [1.29, 1.82) is 0 Å². The van der Waals surface area contributed by atoms with Gasteiger partial charge < -0.3 is 4.74 Å². The lowest BCUT2D eigenvalue weighted by Gasteiger charge is -2.33. The van der Waals surface area contributed by atoms with Crippen LogP contribution in [0.15, 0.2) is 18.2 Å². The van der Waals surface area contributed by atoms with Crippen LogP contribution in [0.25, 0.3) is 0 Å². The van der Waals surface area contributed by atoms with E-state index in [-0.39, 0.29) is 16.8 Å². The van der Waals surface area contributed by atoms with Gasteiger partial charge in [0.1, 0.15) is 5.41 Å². The molecule has 1 aromatic rings. The summed E-state index contributed by atoms with van der Waals surface area (Å²) in [7, 11) is 1.23. The van der Waals surface area contributed by atoms with Gasteiger partial charge in [-0.3, -0.25) is 9.59 Å². The maximum atomic E-state index is 12.4. The van der Waals surface area contributed by atoms with E-state index in [1.165, 1.54) is 33.1 Å². The van der Waals surface area contributed by atoms with Crippen LogP contribution < -0.4 is 4.42 Å². The molecule has 1 heterocycles. The molecule has 0 spiro atoms. The lowest BCUT2D eigenvalue weighted by atomic mass is 9.78. The summed E-state index contributed by atoms with van der Waals surface area (Å²) in [6.07, 6.45) is 0. The van der Waals surface area contributed by atoms with Crippen molar-refractivity contribution in [3.63, 3.8) is 0 Å². The molecule has 0 aliphatic carbocycles. The number of esters is 1. The summed E-state index contributed by atoms with van der Waals surface area (Å²) in [5.41, 5.74) is -0.872. The fourth-order valence-electron chi connectivity index (χ4n) is 1.99. The van der Waals surface area contributed by atoms with Crippen molar-refractivity contribution >= 4 is 35.1 Å². The summed E-state index contributed by atoms with van der Waals surface area (Å²) >= 11 is 5.95. The average molecular weight is 282 g/mol. The van der Waals surface area contributed by atoms with Gasteiger partial charge in [-0.25, -0.2) is 9.21 Å². The summed E-state index contributed by atoms with van der Waals surface area (Å²) in [5, 5.41) is 0. The topological polar surface area (TPSA) is 63.7 Å². The van der Waals surface area contributed by atoms with Crippen LogP contribution in [0.3, 0.4) is 0 Å². The van der Waals surface area contributed by atoms with E-state index in [1.54, 1.807) is 6.07 Å². The molecule has 1 aromatic carbocycles. The highest BCUT2D eigenvalue weighted by molar-refractivity contribution is 6.43. The maximum absolute atomic E-state index is 12.4. The minimum absolute atomic E-state index is 0.108. The van der Waals surface area contributed by atoms with Crippen LogP contribution in [0, 0.1) is 5.41 Å². The molecule has 0 atom stereocenters. The Kier molecular flexibility index (Phi) is 3.10. The molecule has 1 amide bonds. The minimum Gasteiger partial charge on any atom is -0.465 e. The number of carbonyl (C=O) groups excluding carboxylic acids is 3. The molecule has 5 nitrogen and oxygen atoms in total. The van der Waals surface area contributed by atoms with E-state index in [4.69, 9.17) is 11.8 Å². The number of carbonyl (C=O) groups is 3. The van der Waals surface area contributed by atoms with Crippen LogP contribution in [-0.2, 0) is 9.53 Å². The molecule has 1 aliphatic rings. The van der Waals surface area contributed by atoms with E-state index >= 15 is 0 Å². The van der Waals surface area contributed by atoms with Crippen molar-refractivity contribution in [3.8, 4) is 0 Å². The third kappa shape index (κ3) is 1.81. The number of fused-ring (bicyclic) bond motifs is 1. The van der Waals surface area contributed by atoms with Gasteiger partial charge in [-0.1, -0.05) is 6.07 Å². The number of ether oxygens (including phenoxy) is 1. The van der Waals surface area contributed by atoms with Crippen molar-refractivity contribution in [3.05, 3.63) is 29.3 Å². The molecule has 0 bridgehead atoms. The van der Waals surface area contributed by atoms with E-state index < -0.39 is 23.1 Å². The zero-order valence-electron chi connectivity index (χ0n) is 10.7. The SMILES string of the molecule is COC(=O)c1cccc2c1C(=O)C(C)(C)C(=O)N2Cl. The third-order valence-corrected chi connectivity index (χ3v) is 3.50. The Bertz CT molecular complexity index is 594. The van der Waals surface area contributed by atoms with Crippen LogP contribution in [0.5, 0.6) is 0 Å². The van der Waals surface area contributed by atoms with Crippen molar-refractivity contribution < 1.29 is 19.1 Å². The third-order valence-electron chi connectivity index (χ3n) is 3.17. The van der Waals surface area contributed by atoms with Crippen LogP contribution in [-0.4, -0.2) is 24.8 Å². The smallest absolute Gasteiger partial charge is 0.338 e. The summed E-state index contributed by atoms with van der Waals surface area (Å²) < 4.78 is 5.52. The highest BCUT2D eigenvalue weighted by Gasteiger charge is 2.47. The Hall–Kier alpha value is -1.88. The van der Waals surface area contributed by atoms with Gasteiger partial charge in [0.05, 0.1) is 23.9 Å². The molecule has 0 radical (unpaired) electrons. The van der Waals surface area contributed by atoms with E-state index in [1.807, 2.05) is 0 Å². The van der Waals surface area contributed by atoms with Crippen molar-refractivity contribution in [1.82, 2.24) is 0 Å². The number of amides is 1. The van der Waals surface area contributed by atoms with Crippen LogP contribution >= 0.6 is 11.8 Å². The van der Waals surface area contributed by atoms with E-state index in [0.29, 0.717) is 0 Å². The number of rotatable bonds is 1. The Morgan fingerprint density at radius 2 is 1.95 bits per heavy atom. The van der Waals surface area contributed by atoms with Crippen LogP contribution in [0.1, 0.15) is 34.6 Å². The molecular weight excluding hydrogens is 270 g/mol. The Morgan fingerprint density at radius 3 is 2.53 bits per heavy atom. The van der Waals surface area contributed by atoms with Crippen LogP contribution in [0.2, 0.25) is 0 Å². The molecule has 0 saturated heterocycles. The molecule has 0 N–H and O–H groups in total. The van der Waals surface area contributed by atoms with Gasteiger partial charge in [-0.2, -0.15) is 0 Å². The zero-order chi connectivity index (χ0) is 14.4. The molecule has 2 rings (SSSR count). The lowest BCUT2D eigenvalue weighted by molar-refractivity contribution is -0.123. The van der Waals surface area contributed by atoms with Gasteiger partial charge in [0.15, 0.2) is 5.78 Å². The number of Topliss-reactive ketones (excluding diaryl/α,β-unsaturated/α-hetero) is 1. The number of hydrogen-bond donors (Lipinski definition) is 0. The molecular formula is C13H12ClNO4. The number of halogens is 1. The normalized spacial score (nSPS) is 17.2. The Balaban J connectivity index is 2.75. The number of anilines is 1. The molecule has 0 fully saturated rings. The highest BCUT2D eigenvalue weighted by Crippen LogP contribution is 2.40. The molecule has 0 saturated carbocycles. The first-order valence-corrected chi connectivity index (χ1v) is 5.92. The number of ketones is 1. The predicted octanol–water partition coefficient (Wildman–Crippen LogP) is 2.18. The summed E-state index contributed by atoms with van der Waals surface area (Å²) in [6, 6.07) is 4.53. The molecule has 1 aliphatic heterocycles. The van der Waals surface area contributed by atoms with Crippen molar-refractivity contribution in [2.75, 3.05) is 11.5 Å². The number of methoxy groups -OCH3 is 1. The van der Waals surface area contributed by atoms with Crippen molar-refractivity contribution in [2.24, 2.45) is 5.41 Å². The molecule has 0 unspecified atom stereocenters. The minimum atomic E-state index is -1.31. The van der Waals surface area contributed by atoms with Gasteiger partial charge in [0.25, 0.3) is 5.91 Å². The van der Waals surface area contributed by atoms with Gasteiger partial charge in [-0.05, 0) is 26.0 Å². The Labute approximate surface area is 115 Å². The molecule has 0 aromatic heterocycles. The first kappa shape index (κ1) is 13.5. The predicted molar refractivity (Wildman–Crippen MR) is 69.2 cm³/mol. The molecule has 19 heavy (non-hydrogen) atoms. The fourth-order valence-corrected chi connectivity index (χ4v) is 2.34. The number of hydrogen-bond acceptors (Lipinski definition) is 4. The lowest BCUT2D eigenvalue weighted by Crippen LogP contribution is -2.46. The van der Waals surface area contributed by atoms with Gasteiger partial charge >= 0.3 is 5.97 Å². The highest BCUT2D eigenvalue weighted by atomic mass is 35.5. The second-order valence-corrected chi connectivity index (χ2v) is 5.07. The number of benzene rings is 1. The summed E-state index contributed by atoms with van der Waals surface area (Å²) in [6.45, 7) is 2.95. The van der Waals surface area contributed by atoms with Crippen molar-refractivity contribution in [2.45, 2.75) is 13.8 Å². The zero-order valence-corrected chi connectivity index (χ0v) is 11.4.